The van der Waals surface area contributed by atoms with Gasteiger partial charge in [-0.15, -0.1) is 0 Å². The first kappa shape index (κ1) is 14.9. The summed E-state index contributed by atoms with van der Waals surface area (Å²) in [5.41, 5.74) is 1.42. The first-order chi connectivity index (χ1) is 9.26. The van der Waals surface area contributed by atoms with Gasteiger partial charge in [0, 0.05) is 37.0 Å². The predicted octanol–water partition coefficient (Wildman–Crippen LogP) is 3.16. The van der Waals surface area contributed by atoms with Crippen LogP contribution in [0.1, 0.15) is 31.9 Å². The minimum absolute atomic E-state index is 0.480. The van der Waals surface area contributed by atoms with Crippen molar-refractivity contribution in [3.05, 3.63) is 35.9 Å². The van der Waals surface area contributed by atoms with Gasteiger partial charge in [-0.2, -0.15) is 11.8 Å². The van der Waals surface area contributed by atoms with Crippen LogP contribution < -0.4 is 5.32 Å². The number of hydrogen-bond donors (Lipinski definition) is 1. The molecule has 1 heterocycles. The van der Waals surface area contributed by atoms with Gasteiger partial charge in [0.25, 0.3) is 0 Å². The Balaban J connectivity index is 2.07. The molecule has 0 bridgehead atoms. The quantitative estimate of drug-likeness (QED) is 0.890. The molecule has 1 aromatic rings. The van der Waals surface area contributed by atoms with Crippen molar-refractivity contribution in [3.8, 4) is 0 Å². The van der Waals surface area contributed by atoms with Gasteiger partial charge in [-0.25, -0.2) is 0 Å². The lowest BCUT2D eigenvalue weighted by atomic mass is 9.99. The van der Waals surface area contributed by atoms with Crippen LogP contribution in [0, 0.1) is 0 Å². The van der Waals surface area contributed by atoms with E-state index in [1.54, 1.807) is 0 Å². The molecule has 0 amide bonds. The van der Waals surface area contributed by atoms with E-state index in [0.29, 0.717) is 18.1 Å². The molecule has 1 aliphatic heterocycles. The average Bonchev–Trinajstić information content (AvgIpc) is 2.47. The second-order valence-corrected chi connectivity index (χ2v) is 6.35. The van der Waals surface area contributed by atoms with Gasteiger partial charge in [-0.1, -0.05) is 37.3 Å². The Morgan fingerprint density at radius 1 is 1.37 bits per heavy atom. The van der Waals surface area contributed by atoms with Crippen LogP contribution >= 0.6 is 11.8 Å². The maximum atomic E-state index is 3.71. The van der Waals surface area contributed by atoms with Crippen molar-refractivity contribution in [1.29, 1.82) is 0 Å². The summed E-state index contributed by atoms with van der Waals surface area (Å²) >= 11 is 1.95. The number of hydrogen-bond acceptors (Lipinski definition) is 3. The summed E-state index contributed by atoms with van der Waals surface area (Å²) < 4.78 is 0. The fourth-order valence-electron chi connectivity index (χ4n) is 2.98. The standard InChI is InChI=1S/C16H26N2S/c1-4-15-10-17-16(14-8-6-5-7-9-14)11-18(15)13(2)12-19-3/h5-9,13,15-17H,4,10-12H2,1-3H3. The maximum Gasteiger partial charge on any atom is 0.0450 e. The minimum Gasteiger partial charge on any atom is -0.307 e. The summed E-state index contributed by atoms with van der Waals surface area (Å²) in [4.78, 5) is 2.70. The molecule has 3 heteroatoms. The number of benzene rings is 1. The Bertz CT molecular complexity index is 368. The number of thioether (sulfide) groups is 1. The van der Waals surface area contributed by atoms with Crippen LogP contribution in [0.3, 0.4) is 0 Å². The molecule has 1 fully saturated rings. The zero-order valence-electron chi connectivity index (χ0n) is 12.3. The lowest BCUT2D eigenvalue weighted by Gasteiger charge is -2.43. The lowest BCUT2D eigenvalue weighted by Crippen LogP contribution is -2.56. The van der Waals surface area contributed by atoms with Gasteiger partial charge >= 0.3 is 0 Å². The van der Waals surface area contributed by atoms with Crippen LogP contribution in [0.5, 0.6) is 0 Å². The third-order valence-corrected chi connectivity index (χ3v) is 4.93. The van der Waals surface area contributed by atoms with Crippen LogP contribution in [0.15, 0.2) is 30.3 Å². The van der Waals surface area contributed by atoms with Gasteiger partial charge in [0.1, 0.15) is 0 Å². The molecule has 1 saturated heterocycles. The SMILES string of the molecule is CCC1CNC(c2ccccc2)CN1C(C)CSC. The van der Waals surface area contributed by atoms with Gasteiger partial charge in [-0.05, 0) is 25.2 Å². The van der Waals surface area contributed by atoms with Crippen molar-refractivity contribution >= 4 is 11.8 Å². The van der Waals surface area contributed by atoms with E-state index in [0.717, 1.165) is 13.1 Å². The molecule has 0 saturated carbocycles. The monoisotopic (exact) mass is 278 g/mol. The Morgan fingerprint density at radius 3 is 2.74 bits per heavy atom. The summed E-state index contributed by atoms with van der Waals surface area (Å²) in [6.45, 7) is 6.90. The third kappa shape index (κ3) is 3.74. The maximum absolute atomic E-state index is 3.71. The molecule has 0 aromatic heterocycles. The Kier molecular flexibility index (Phi) is 5.74. The van der Waals surface area contributed by atoms with Crippen molar-refractivity contribution in [2.45, 2.75) is 38.4 Å². The fraction of sp³-hybridized carbons (Fsp3) is 0.625. The number of rotatable bonds is 5. The summed E-state index contributed by atoms with van der Waals surface area (Å²) in [6.07, 6.45) is 3.43. The summed E-state index contributed by atoms with van der Waals surface area (Å²) in [5, 5.41) is 3.71. The second-order valence-electron chi connectivity index (χ2n) is 5.43. The summed E-state index contributed by atoms with van der Waals surface area (Å²) in [6, 6.07) is 12.7. The molecule has 3 atom stereocenters. The molecule has 1 N–H and O–H groups in total. The van der Waals surface area contributed by atoms with Gasteiger partial charge in [-0.3, -0.25) is 4.90 Å². The lowest BCUT2D eigenvalue weighted by molar-refractivity contribution is 0.0960. The van der Waals surface area contributed by atoms with Crippen molar-refractivity contribution in [2.75, 3.05) is 25.1 Å². The zero-order valence-corrected chi connectivity index (χ0v) is 13.1. The molecule has 0 radical (unpaired) electrons. The molecule has 1 aliphatic rings. The van der Waals surface area contributed by atoms with Crippen molar-refractivity contribution < 1.29 is 0 Å². The second kappa shape index (κ2) is 7.32. The van der Waals surface area contributed by atoms with Crippen molar-refractivity contribution in [2.24, 2.45) is 0 Å². The van der Waals surface area contributed by atoms with Crippen LogP contribution in [0.4, 0.5) is 0 Å². The molecular weight excluding hydrogens is 252 g/mol. The van der Waals surface area contributed by atoms with E-state index in [-0.39, 0.29) is 0 Å². The van der Waals surface area contributed by atoms with E-state index in [4.69, 9.17) is 0 Å². The van der Waals surface area contributed by atoms with Crippen molar-refractivity contribution in [3.63, 3.8) is 0 Å². The van der Waals surface area contributed by atoms with Gasteiger partial charge in [0.2, 0.25) is 0 Å². The molecule has 2 rings (SSSR count). The number of nitrogens with one attached hydrogen (secondary N) is 1. The normalized spacial score (nSPS) is 26.3. The highest BCUT2D eigenvalue weighted by Crippen LogP contribution is 2.23. The van der Waals surface area contributed by atoms with Crippen LogP contribution in [0.2, 0.25) is 0 Å². The zero-order chi connectivity index (χ0) is 13.7. The third-order valence-electron chi connectivity index (χ3n) is 4.11. The van der Waals surface area contributed by atoms with Gasteiger partial charge in [0.05, 0.1) is 0 Å². The van der Waals surface area contributed by atoms with E-state index in [2.05, 4.69) is 60.7 Å². The first-order valence-electron chi connectivity index (χ1n) is 7.29. The van der Waals surface area contributed by atoms with Crippen LogP contribution in [-0.4, -0.2) is 42.1 Å². The molecule has 0 spiro atoms. The molecule has 106 valence electrons. The largest absolute Gasteiger partial charge is 0.307 e. The highest BCUT2D eigenvalue weighted by atomic mass is 32.2. The van der Waals surface area contributed by atoms with E-state index < -0.39 is 0 Å². The van der Waals surface area contributed by atoms with Gasteiger partial charge in [0.15, 0.2) is 0 Å². The van der Waals surface area contributed by atoms with Crippen LogP contribution in [-0.2, 0) is 0 Å². The van der Waals surface area contributed by atoms with Gasteiger partial charge < -0.3 is 5.32 Å². The minimum atomic E-state index is 0.480. The summed E-state index contributed by atoms with van der Waals surface area (Å²) in [5.74, 6) is 1.22. The Morgan fingerprint density at radius 2 is 2.11 bits per heavy atom. The smallest absolute Gasteiger partial charge is 0.0450 e. The fourth-order valence-corrected chi connectivity index (χ4v) is 3.66. The van der Waals surface area contributed by atoms with E-state index in [9.17, 15) is 0 Å². The molecule has 19 heavy (non-hydrogen) atoms. The molecule has 3 unspecified atom stereocenters. The number of nitrogens with zero attached hydrogens (tertiary/aromatic N) is 1. The molecular formula is C16H26N2S. The predicted molar refractivity (Wildman–Crippen MR) is 85.8 cm³/mol. The Hall–Kier alpha value is -0.510. The van der Waals surface area contributed by atoms with E-state index in [1.165, 1.54) is 17.7 Å². The summed E-state index contributed by atoms with van der Waals surface area (Å²) in [7, 11) is 0. The highest BCUT2D eigenvalue weighted by Gasteiger charge is 2.30. The van der Waals surface area contributed by atoms with Crippen LogP contribution in [0.25, 0.3) is 0 Å². The topological polar surface area (TPSA) is 15.3 Å². The van der Waals surface area contributed by atoms with E-state index >= 15 is 0 Å². The molecule has 2 nitrogen and oxygen atoms in total. The highest BCUT2D eigenvalue weighted by molar-refractivity contribution is 7.98. The molecule has 0 aliphatic carbocycles. The average molecular weight is 278 g/mol. The number of piperazine rings is 1. The first-order valence-corrected chi connectivity index (χ1v) is 8.68. The van der Waals surface area contributed by atoms with E-state index in [1.807, 2.05) is 11.8 Å². The Labute approximate surface area is 122 Å². The molecule has 1 aromatic carbocycles. The van der Waals surface area contributed by atoms with Crippen molar-refractivity contribution in [1.82, 2.24) is 10.2 Å².